The summed E-state index contributed by atoms with van der Waals surface area (Å²) >= 11 is 0. The molecule has 1 heterocycles. The molecule has 0 fully saturated rings. The Bertz CT molecular complexity index is 357. The first-order valence-corrected chi connectivity index (χ1v) is 6.05. The van der Waals surface area contributed by atoms with Crippen LogP contribution in [0.1, 0.15) is 25.5 Å². The lowest BCUT2D eigenvalue weighted by Gasteiger charge is -2.16. The average Bonchev–Trinajstić information content (AvgIpc) is 2.37. The maximum Gasteiger partial charge on any atom is 0.234 e. The van der Waals surface area contributed by atoms with Gasteiger partial charge in [0.05, 0.1) is 13.2 Å². The molecule has 0 aromatic carbocycles. The van der Waals surface area contributed by atoms with E-state index < -0.39 is 0 Å². The Morgan fingerprint density at radius 2 is 2.28 bits per heavy atom. The topological polar surface area (TPSA) is 63.2 Å². The number of nitrogens with zero attached hydrogens (tertiary/aromatic N) is 1. The van der Waals surface area contributed by atoms with Crippen LogP contribution < -0.4 is 10.6 Å². The van der Waals surface area contributed by atoms with E-state index in [0.29, 0.717) is 6.61 Å². The van der Waals surface area contributed by atoms with Crippen molar-refractivity contribution < 1.29 is 9.53 Å². The monoisotopic (exact) mass is 251 g/mol. The molecule has 0 bridgehead atoms. The van der Waals surface area contributed by atoms with E-state index >= 15 is 0 Å². The molecule has 0 spiro atoms. The number of methoxy groups -OCH3 is 1. The van der Waals surface area contributed by atoms with Gasteiger partial charge >= 0.3 is 0 Å². The molecule has 100 valence electrons. The van der Waals surface area contributed by atoms with Crippen molar-refractivity contribution in [1.29, 1.82) is 0 Å². The van der Waals surface area contributed by atoms with Gasteiger partial charge in [0.15, 0.2) is 0 Å². The standard InChI is InChI=1S/C13H21N3O2/c1-10(9-18-3)16-13(17)8-15-11(2)12-5-4-6-14-7-12/h4-7,10-11,15H,8-9H2,1-3H3,(H,16,17)/t10?,11-/m0/s1. The zero-order chi connectivity index (χ0) is 13.4. The van der Waals surface area contributed by atoms with E-state index in [4.69, 9.17) is 4.74 Å². The van der Waals surface area contributed by atoms with Crippen LogP contribution >= 0.6 is 0 Å². The van der Waals surface area contributed by atoms with Gasteiger partial charge in [-0.15, -0.1) is 0 Å². The molecule has 0 aliphatic rings. The van der Waals surface area contributed by atoms with Crippen LogP contribution in [0.5, 0.6) is 0 Å². The summed E-state index contributed by atoms with van der Waals surface area (Å²) in [5.41, 5.74) is 1.07. The van der Waals surface area contributed by atoms with E-state index in [1.807, 2.05) is 26.0 Å². The minimum absolute atomic E-state index is 0.0259. The molecular weight excluding hydrogens is 230 g/mol. The third-order valence-electron chi connectivity index (χ3n) is 2.58. The van der Waals surface area contributed by atoms with Gasteiger partial charge in [0.2, 0.25) is 5.91 Å². The maximum absolute atomic E-state index is 11.6. The van der Waals surface area contributed by atoms with E-state index in [2.05, 4.69) is 15.6 Å². The first kappa shape index (κ1) is 14.6. The predicted molar refractivity (Wildman–Crippen MR) is 70.1 cm³/mol. The molecule has 1 aromatic rings. The Balaban J connectivity index is 2.30. The van der Waals surface area contributed by atoms with Crippen LogP contribution in [0.15, 0.2) is 24.5 Å². The molecule has 0 aliphatic heterocycles. The molecule has 0 aliphatic carbocycles. The number of rotatable bonds is 7. The van der Waals surface area contributed by atoms with Crippen molar-refractivity contribution in [2.45, 2.75) is 25.9 Å². The Hall–Kier alpha value is -1.46. The Labute approximate surface area is 108 Å². The molecule has 0 saturated heterocycles. The largest absolute Gasteiger partial charge is 0.383 e. The van der Waals surface area contributed by atoms with Crippen molar-refractivity contribution in [3.63, 3.8) is 0 Å². The smallest absolute Gasteiger partial charge is 0.234 e. The van der Waals surface area contributed by atoms with Crippen LogP contribution in [-0.4, -0.2) is 37.2 Å². The van der Waals surface area contributed by atoms with E-state index in [0.717, 1.165) is 5.56 Å². The minimum atomic E-state index is -0.0321. The normalized spacial score (nSPS) is 13.9. The molecule has 5 heteroatoms. The van der Waals surface area contributed by atoms with Crippen LogP contribution in [0.2, 0.25) is 0 Å². The fourth-order valence-electron chi connectivity index (χ4n) is 1.61. The first-order valence-electron chi connectivity index (χ1n) is 6.05. The number of amides is 1. The Morgan fingerprint density at radius 3 is 2.89 bits per heavy atom. The van der Waals surface area contributed by atoms with Gasteiger partial charge in [-0.3, -0.25) is 9.78 Å². The molecule has 5 nitrogen and oxygen atoms in total. The Kier molecular flexibility index (Phi) is 6.32. The lowest BCUT2D eigenvalue weighted by Crippen LogP contribution is -2.41. The number of aromatic nitrogens is 1. The molecule has 18 heavy (non-hydrogen) atoms. The number of hydrogen-bond donors (Lipinski definition) is 2. The second-order valence-corrected chi connectivity index (χ2v) is 4.31. The van der Waals surface area contributed by atoms with Crippen LogP contribution in [-0.2, 0) is 9.53 Å². The van der Waals surface area contributed by atoms with Crippen molar-refractivity contribution >= 4 is 5.91 Å². The summed E-state index contributed by atoms with van der Waals surface area (Å²) in [6.07, 6.45) is 3.53. The SMILES string of the molecule is COCC(C)NC(=O)CN[C@@H](C)c1cccnc1. The fourth-order valence-corrected chi connectivity index (χ4v) is 1.61. The summed E-state index contributed by atoms with van der Waals surface area (Å²) in [5, 5.41) is 6.00. The van der Waals surface area contributed by atoms with Crippen molar-refractivity contribution in [1.82, 2.24) is 15.6 Å². The minimum Gasteiger partial charge on any atom is -0.383 e. The fraction of sp³-hybridized carbons (Fsp3) is 0.538. The van der Waals surface area contributed by atoms with E-state index in [9.17, 15) is 4.79 Å². The Morgan fingerprint density at radius 1 is 1.50 bits per heavy atom. The summed E-state index contributed by atoms with van der Waals surface area (Å²) in [6.45, 7) is 4.71. The highest BCUT2D eigenvalue weighted by Gasteiger charge is 2.09. The van der Waals surface area contributed by atoms with Crippen LogP contribution in [0.3, 0.4) is 0 Å². The molecule has 1 rings (SSSR count). The van der Waals surface area contributed by atoms with E-state index in [1.165, 1.54) is 0 Å². The van der Waals surface area contributed by atoms with Gasteiger partial charge in [-0.25, -0.2) is 0 Å². The summed E-state index contributed by atoms with van der Waals surface area (Å²) in [4.78, 5) is 15.7. The lowest BCUT2D eigenvalue weighted by molar-refractivity contribution is -0.121. The number of hydrogen-bond acceptors (Lipinski definition) is 4. The molecular formula is C13H21N3O2. The van der Waals surface area contributed by atoms with Gasteiger partial charge in [-0.2, -0.15) is 0 Å². The number of carbonyl (C=O) groups excluding carboxylic acids is 1. The third-order valence-corrected chi connectivity index (χ3v) is 2.58. The van der Waals surface area contributed by atoms with Gasteiger partial charge in [0.1, 0.15) is 0 Å². The molecule has 2 N–H and O–H groups in total. The van der Waals surface area contributed by atoms with Crippen molar-refractivity contribution in [2.75, 3.05) is 20.3 Å². The van der Waals surface area contributed by atoms with Gasteiger partial charge in [-0.1, -0.05) is 6.07 Å². The van der Waals surface area contributed by atoms with E-state index in [-0.39, 0.29) is 24.5 Å². The highest BCUT2D eigenvalue weighted by molar-refractivity contribution is 5.78. The average molecular weight is 251 g/mol. The van der Waals surface area contributed by atoms with Crippen molar-refractivity contribution in [3.8, 4) is 0 Å². The van der Waals surface area contributed by atoms with Crippen molar-refractivity contribution in [3.05, 3.63) is 30.1 Å². The van der Waals surface area contributed by atoms with Gasteiger partial charge in [0.25, 0.3) is 0 Å². The van der Waals surface area contributed by atoms with Crippen molar-refractivity contribution in [2.24, 2.45) is 0 Å². The van der Waals surface area contributed by atoms with Crippen LogP contribution in [0.4, 0.5) is 0 Å². The molecule has 0 saturated carbocycles. The first-order chi connectivity index (χ1) is 8.63. The van der Waals surface area contributed by atoms with Gasteiger partial charge < -0.3 is 15.4 Å². The van der Waals surface area contributed by atoms with Gasteiger partial charge in [0, 0.05) is 31.6 Å². The zero-order valence-electron chi connectivity index (χ0n) is 11.1. The summed E-state index contributed by atoms with van der Waals surface area (Å²) in [7, 11) is 1.62. The van der Waals surface area contributed by atoms with E-state index in [1.54, 1.807) is 19.5 Å². The number of ether oxygens (including phenoxy) is 1. The maximum atomic E-state index is 11.6. The third kappa shape index (κ3) is 5.25. The second-order valence-electron chi connectivity index (χ2n) is 4.31. The molecule has 1 amide bonds. The summed E-state index contributed by atoms with van der Waals surface area (Å²) < 4.78 is 4.96. The lowest BCUT2D eigenvalue weighted by atomic mass is 10.1. The van der Waals surface area contributed by atoms with Crippen LogP contribution in [0.25, 0.3) is 0 Å². The molecule has 2 atom stereocenters. The second kappa shape index (κ2) is 7.79. The quantitative estimate of drug-likeness (QED) is 0.755. The highest BCUT2D eigenvalue weighted by Crippen LogP contribution is 2.08. The van der Waals surface area contributed by atoms with Gasteiger partial charge in [-0.05, 0) is 25.5 Å². The predicted octanol–water partition coefficient (Wildman–Crippen LogP) is 0.883. The van der Waals surface area contributed by atoms with Crippen LogP contribution in [0, 0.1) is 0 Å². The highest BCUT2D eigenvalue weighted by atomic mass is 16.5. The number of carbonyl (C=O) groups is 1. The molecule has 1 unspecified atom stereocenters. The molecule has 0 radical (unpaired) electrons. The summed E-state index contributed by atoms with van der Waals surface area (Å²) in [6, 6.07) is 3.99. The number of nitrogens with one attached hydrogen (secondary N) is 2. The molecule has 1 aromatic heterocycles. The summed E-state index contributed by atoms with van der Waals surface area (Å²) in [5.74, 6) is -0.0321. The zero-order valence-corrected chi connectivity index (χ0v) is 11.1. The number of pyridine rings is 1.